The Kier molecular flexibility index (Phi) is 7.21. The smallest absolute Gasteiger partial charge is 0.227 e. The first-order valence-electron chi connectivity index (χ1n) is 13.6. The highest BCUT2D eigenvalue weighted by Crippen LogP contribution is 2.33. The highest BCUT2D eigenvalue weighted by atomic mass is 32.1. The number of hydrogen-bond acceptors (Lipinski definition) is 9. The van der Waals surface area contributed by atoms with Gasteiger partial charge in [0, 0.05) is 37.3 Å². The lowest BCUT2D eigenvalue weighted by atomic mass is 9.93. The number of thiazole rings is 1. The molecule has 1 amide bonds. The summed E-state index contributed by atoms with van der Waals surface area (Å²) in [6.45, 7) is 3.80. The summed E-state index contributed by atoms with van der Waals surface area (Å²) in [5.41, 5.74) is 2.85. The molecule has 6 rings (SSSR count). The lowest BCUT2D eigenvalue weighted by Crippen LogP contribution is -2.30. The molecular formula is C27H35N7O2S. The van der Waals surface area contributed by atoms with Gasteiger partial charge in [-0.2, -0.15) is 4.98 Å². The standard InChI is InChI=1S/C27H35N7O2S/c35-21-9-6-18(7-10-21)28-26-29-19(17-33-12-2-1-3-13-33)15-24(31-26)32-27-30-22-11-8-20(16-23(22)37-27)34-14-4-5-25(34)36/h8,11,15-16,18,21,35H,1-7,9-10,12-14,17H2,(H2,28,29,30,31,32)/t18-,21-. The Morgan fingerprint density at radius 1 is 0.973 bits per heavy atom. The fraction of sp³-hybridized carbons (Fsp3) is 0.556. The van der Waals surface area contributed by atoms with Crippen molar-refractivity contribution in [1.29, 1.82) is 0 Å². The predicted octanol–water partition coefficient (Wildman–Crippen LogP) is 4.66. The van der Waals surface area contributed by atoms with Gasteiger partial charge in [-0.25, -0.2) is 9.97 Å². The van der Waals surface area contributed by atoms with Gasteiger partial charge in [0.25, 0.3) is 0 Å². The second-order valence-corrected chi connectivity index (χ2v) is 11.5. The van der Waals surface area contributed by atoms with Crippen molar-refractivity contribution in [2.24, 2.45) is 0 Å². The number of fused-ring (bicyclic) bond motifs is 1. The van der Waals surface area contributed by atoms with E-state index in [-0.39, 0.29) is 18.1 Å². The van der Waals surface area contributed by atoms with Crippen molar-refractivity contribution >= 4 is 50.0 Å². The number of nitrogens with zero attached hydrogens (tertiary/aromatic N) is 5. The van der Waals surface area contributed by atoms with Gasteiger partial charge in [-0.1, -0.05) is 17.8 Å². The van der Waals surface area contributed by atoms with Crippen LogP contribution in [0.1, 0.15) is 63.5 Å². The average Bonchev–Trinajstić information content (AvgIpc) is 3.50. The van der Waals surface area contributed by atoms with E-state index >= 15 is 0 Å². The highest BCUT2D eigenvalue weighted by molar-refractivity contribution is 7.22. The summed E-state index contributed by atoms with van der Waals surface area (Å²) >= 11 is 1.57. The average molecular weight is 522 g/mol. The Labute approximate surface area is 221 Å². The first-order chi connectivity index (χ1) is 18.1. The Hall–Kier alpha value is -2.82. The van der Waals surface area contributed by atoms with Crippen molar-refractivity contribution in [3.63, 3.8) is 0 Å². The topological polar surface area (TPSA) is 107 Å². The van der Waals surface area contributed by atoms with Gasteiger partial charge in [0.15, 0.2) is 5.13 Å². The molecule has 0 atom stereocenters. The van der Waals surface area contributed by atoms with Crippen molar-refractivity contribution < 1.29 is 9.90 Å². The van der Waals surface area contributed by atoms with Crippen LogP contribution in [0.2, 0.25) is 0 Å². The third-order valence-corrected chi connectivity index (χ3v) is 8.57. The Morgan fingerprint density at radius 3 is 2.59 bits per heavy atom. The number of amides is 1. The summed E-state index contributed by atoms with van der Waals surface area (Å²) in [5.74, 6) is 1.56. The first kappa shape index (κ1) is 24.5. The molecule has 0 bridgehead atoms. The molecule has 1 saturated carbocycles. The summed E-state index contributed by atoms with van der Waals surface area (Å²) in [6, 6.07) is 8.35. The number of hydrogen-bond donors (Lipinski definition) is 3. The number of aromatic nitrogens is 3. The number of carbonyl (C=O) groups excluding carboxylic acids is 1. The Bertz CT molecular complexity index is 1250. The van der Waals surface area contributed by atoms with Crippen LogP contribution in [-0.4, -0.2) is 62.6 Å². The normalized spacial score (nSPS) is 23.1. The van der Waals surface area contributed by atoms with Crippen LogP contribution in [0, 0.1) is 0 Å². The van der Waals surface area contributed by atoms with Crippen molar-refractivity contribution in [1.82, 2.24) is 19.9 Å². The molecule has 3 aromatic rings. The largest absolute Gasteiger partial charge is 0.393 e. The van der Waals surface area contributed by atoms with E-state index in [4.69, 9.17) is 15.0 Å². The number of carbonyl (C=O) groups is 1. The lowest BCUT2D eigenvalue weighted by molar-refractivity contribution is -0.117. The highest BCUT2D eigenvalue weighted by Gasteiger charge is 2.23. The van der Waals surface area contributed by atoms with E-state index in [1.807, 2.05) is 23.1 Å². The van der Waals surface area contributed by atoms with Crippen LogP contribution in [0.4, 0.5) is 22.6 Å². The molecule has 0 spiro atoms. The number of likely N-dealkylation sites (tertiary alicyclic amines) is 1. The van der Waals surface area contributed by atoms with Crippen LogP contribution in [-0.2, 0) is 11.3 Å². The van der Waals surface area contributed by atoms with Gasteiger partial charge in [-0.15, -0.1) is 0 Å². The molecule has 2 aromatic heterocycles. The number of piperidine rings is 1. The molecule has 37 heavy (non-hydrogen) atoms. The van der Waals surface area contributed by atoms with Crippen LogP contribution in [0.25, 0.3) is 10.2 Å². The molecule has 0 unspecified atom stereocenters. The maximum Gasteiger partial charge on any atom is 0.227 e. The van der Waals surface area contributed by atoms with Crippen molar-refractivity contribution in [3.05, 3.63) is 30.0 Å². The van der Waals surface area contributed by atoms with Gasteiger partial charge in [0.2, 0.25) is 11.9 Å². The van der Waals surface area contributed by atoms with E-state index in [1.165, 1.54) is 19.3 Å². The summed E-state index contributed by atoms with van der Waals surface area (Å²) in [4.78, 5) is 31.0. The molecule has 3 N–H and O–H groups in total. The van der Waals surface area contributed by atoms with Crippen molar-refractivity contribution in [3.8, 4) is 0 Å². The Balaban J connectivity index is 1.23. The maximum atomic E-state index is 12.2. The fourth-order valence-corrected chi connectivity index (χ4v) is 6.53. The minimum Gasteiger partial charge on any atom is -0.393 e. The van der Waals surface area contributed by atoms with E-state index in [0.29, 0.717) is 12.4 Å². The number of aliphatic hydroxyl groups excluding tert-OH is 1. The zero-order valence-corrected chi connectivity index (χ0v) is 22.0. The molecule has 1 aliphatic carbocycles. The molecule has 3 fully saturated rings. The molecule has 1 aromatic carbocycles. The quantitative estimate of drug-likeness (QED) is 0.412. The van der Waals surface area contributed by atoms with Crippen molar-refractivity contribution in [2.75, 3.05) is 35.2 Å². The molecule has 2 aliphatic heterocycles. The van der Waals surface area contributed by atoms with E-state index in [9.17, 15) is 9.90 Å². The minimum atomic E-state index is -0.190. The summed E-state index contributed by atoms with van der Waals surface area (Å²) < 4.78 is 1.04. The summed E-state index contributed by atoms with van der Waals surface area (Å²) in [7, 11) is 0. The number of rotatable bonds is 7. The monoisotopic (exact) mass is 521 g/mol. The van der Waals surface area contributed by atoms with Crippen molar-refractivity contribution in [2.45, 2.75) is 76.5 Å². The van der Waals surface area contributed by atoms with E-state index in [1.54, 1.807) is 11.3 Å². The van der Waals surface area contributed by atoms with E-state index in [2.05, 4.69) is 21.6 Å². The van der Waals surface area contributed by atoms with E-state index in [0.717, 1.165) is 90.8 Å². The van der Waals surface area contributed by atoms with Gasteiger partial charge in [0.05, 0.1) is 22.0 Å². The SMILES string of the molecule is O=C1CCCN1c1ccc2nc(Nc3cc(CN4CCCCC4)nc(N[C@H]4CC[C@H](O)CC4)n3)sc2c1. The molecular weight excluding hydrogens is 486 g/mol. The lowest BCUT2D eigenvalue weighted by Gasteiger charge is -2.27. The summed E-state index contributed by atoms with van der Waals surface area (Å²) in [6.07, 6.45) is 8.59. The van der Waals surface area contributed by atoms with Gasteiger partial charge in [0.1, 0.15) is 5.82 Å². The first-order valence-corrected chi connectivity index (χ1v) is 14.4. The molecule has 0 radical (unpaired) electrons. The van der Waals surface area contributed by atoms with Gasteiger partial charge in [-0.3, -0.25) is 9.69 Å². The fourth-order valence-electron chi connectivity index (χ4n) is 5.62. The zero-order valence-electron chi connectivity index (χ0n) is 21.2. The van der Waals surface area contributed by atoms with Crippen LogP contribution in [0.15, 0.2) is 24.3 Å². The van der Waals surface area contributed by atoms with Crippen LogP contribution < -0.4 is 15.5 Å². The molecule has 196 valence electrons. The Morgan fingerprint density at radius 2 is 1.81 bits per heavy atom. The number of nitrogens with one attached hydrogen (secondary N) is 2. The van der Waals surface area contributed by atoms with Gasteiger partial charge in [-0.05, 0) is 76.2 Å². The molecule has 2 saturated heterocycles. The predicted molar refractivity (Wildman–Crippen MR) is 148 cm³/mol. The maximum absolute atomic E-state index is 12.2. The second kappa shape index (κ2) is 10.9. The third kappa shape index (κ3) is 5.86. The number of benzene rings is 1. The van der Waals surface area contributed by atoms with Gasteiger partial charge < -0.3 is 20.6 Å². The zero-order chi connectivity index (χ0) is 25.2. The number of anilines is 4. The molecule has 10 heteroatoms. The van der Waals surface area contributed by atoms with E-state index < -0.39 is 0 Å². The van der Waals surface area contributed by atoms with Crippen LogP contribution in [0.5, 0.6) is 0 Å². The third-order valence-electron chi connectivity index (χ3n) is 7.64. The molecule has 9 nitrogen and oxygen atoms in total. The summed E-state index contributed by atoms with van der Waals surface area (Å²) in [5, 5.41) is 17.6. The molecule has 4 heterocycles. The molecule has 3 aliphatic rings. The van der Waals surface area contributed by atoms with Crippen LogP contribution in [0.3, 0.4) is 0 Å². The minimum absolute atomic E-state index is 0.190. The second-order valence-electron chi connectivity index (χ2n) is 10.5. The number of aliphatic hydroxyl groups is 1. The van der Waals surface area contributed by atoms with Gasteiger partial charge >= 0.3 is 0 Å². The van der Waals surface area contributed by atoms with Crippen LogP contribution >= 0.6 is 11.3 Å².